The van der Waals surface area contributed by atoms with Crippen LogP contribution in [0.5, 0.6) is 0 Å². The Hall–Kier alpha value is -2.41. The highest BCUT2D eigenvalue weighted by molar-refractivity contribution is 5.95. The van der Waals surface area contributed by atoms with Crippen LogP contribution < -0.4 is 10.6 Å². The zero-order valence-electron chi connectivity index (χ0n) is 14.9. The molecule has 2 fully saturated rings. The van der Waals surface area contributed by atoms with Gasteiger partial charge in [-0.3, -0.25) is 19.8 Å². The van der Waals surface area contributed by atoms with Gasteiger partial charge in [-0.25, -0.2) is 4.79 Å². The van der Waals surface area contributed by atoms with Crippen molar-refractivity contribution in [1.29, 1.82) is 0 Å². The minimum absolute atomic E-state index is 0.0191. The summed E-state index contributed by atoms with van der Waals surface area (Å²) in [7, 11) is 0. The van der Waals surface area contributed by atoms with Gasteiger partial charge in [0.05, 0.1) is 6.54 Å². The highest BCUT2D eigenvalue weighted by Crippen LogP contribution is 2.17. The Bertz CT molecular complexity index is 635. The third kappa shape index (κ3) is 5.05. The summed E-state index contributed by atoms with van der Waals surface area (Å²) in [5.74, 6) is -0.283. The smallest absolute Gasteiger partial charge is 0.321 e. The molecule has 1 aromatic carbocycles. The number of carbonyl (C=O) groups is 3. The number of imide groups is 1. The minimum atomic E-state index is -0.403. The fraction of sp³-hybridized carbons (Fsp3) is 0.526. The second-order valence-corrected chi connectivity index (χ2v) is 6.94. The van der Waals surface area contributed by atoms with Gasteiger partial charge in [-0.15, -0.1) is 0 Å². The van der Waals surface area contributed by atoms with Crippen molar-refractivity contribution in [2.45, 2.75) is 31.7 Å². The van der Waals surface area contributed by atoms with E-state index in [1.807, 2.05) is 35.2 Å². The SMILES string of the molecule is O=C(CN1CCN(C(=O)c2ccccc2)CC1)NC(=O)NC1CCCC1. The normalized spacial score (nSPS) is 18.5. The van der Waals surface area contributed by atoms with Crippen LogP contribution in [0.4, 0.5) is 4.79 Å². The van der Waals surface area contributed by atoms with Crippen LogP contribution in [-0.2, 0) is 4.79 Å². The molecule has 1 saturated carbocycles. The summed E-state index contributed by atoms with van der Waals surface area (Å²) in [6.45, 7) is 2.57. The summed E-state index contributed by atoms with van der Waals surface area (Å²) in [4.78, 5) is 40.1. The van der Waals surface area contributed by atoms with Crippen molar-refractivity contribution in [1.82, 2.24) is 20.4 Å². The molecule has 140 valence electrons. The van der Waals surface area contributed by atoms with Crippen LogP contribution in [0.15, 0.2) is 30.3 Å². The fourth-order valence-corrected chi connectivity index (χ4v) is 3.53. The lowest BCUT2D eigenvalue weighted by molar-refractivity contribution is -0.121. The fourth-order valence-electron chi connectivity index (χ4n) is 3.53. The van der Waals surface area contributed by atoms with E-state index >= 15 is 0 Å². The van der Waals surface area contributed by atoms with Gasteiger partial charge in [0.15, 0.2) is 0 Å². The number of nitrogens with one attached hydrogen (secondary N) is 2. The van der Waals surface area contributed by atoms with Crippen molar-refractivity contribution >= 4 is 17.8 Å². The molecule has 0 unspecified atom stereocenters. The van der Waals surface area contributed by atoms with E-state index < -0.39 is 6.03 Å². The molecule has 1 heterocycles. The maximum atomic E-state index is 12.4. The Balaban J connectivity index is 1.38. The van der Waals surface area contributed by atoms with Gasteiger partial charge in [0.1, 0.15) is 0 Å². The van der Waals surface area contributed by atoms with Crippen LogP contribution in [0.1, 0.15) is 36.0 Å². The predicted octanol–water partition coefficient (Wildman–Crippen LogP) is 1.21. The van der Waals surface area contributed by atoms with E-state index in [0.29, 0.717) is 31.7 Å². The molecule has 0 spiro atoms. The van der Waals surface area contributed by atoms with Crippen LogP contribution in [0.2, 0.25) is 0 Å². The topological polar surface area (TPSA) is 81.8 Å². The van der Waals surface area contributed by atoms with E-state index in [1.54, 1.807) is 4.90 Å². The van der Waals surface area contributed by atoms with Crippen LogP contribution in [0.25, 0.3) is 0 Å². The van der Waals surface area contributed by atoms with Crippen molar-refractivity contribution in [3.63, 3.8) is 0 Å². The molecule has 1 aromatic rings. The maximum absolute atomic E-state index is 12.4. The number of rotatable bonds is 4. The third-order valence-corrected chi connectivity index (χ3v) is 4.99. The molecule has 0 bridgehead atoms. The number of hydrogen-bond donors (Lipinski definition) is 2. The Kier molecular flexibility index (Phi) is 6.22. The number of nitrogens with zero attached hydrogens (tertiary/aromatic N) is 2. The molecule has 3 rings (SSSR count). The molecular formula is C19H26N4O3. The number of piperazine rings is 1. The molecule has 1 aliphatic heterocycles. The number of carbonyl (C=O) groups excluding carboxylic acids is 3. The highest BCUT2D eigenvalue weighted by atomic mass is 16.2. The van der Waals surface area contributed by atoms with Gasteiger partial charge >= 0.3 is 6.03 Å². The summed E-state index contributed by atoms with van der Waals surface area (Å²) < 4.78 is 0. The van der Waals surface area contributed by atoms with Gasteiger partial charge in [-0.05, 0) is 25.0 Å². The molecule has 26 heavy (non-hydrogen) atoms. The Morgan fingerprint density at radius 2 is 1.62 bits per heavy atom. The summed E-state index contributed by atoms with van der Waals surface area (Å²) in [6, 6.07) is 9.00. The van der Waals surface area contributed by atoms with Gasteiger partial charge in [0, 0.05) is 37.8 Å². The molecule has 2 aliphatic rings. The van der Waals surface area contributed by atoms with E-state index in [4.69, 9.17) is 0 Å². The summed E-state index contributed by atoms with van der Waals surface area (Å²) in [5, 5.41) is 5.25. The first-order valence-corrected chi connectivity index (χ1v) is 9.29. The molecule has 0 aromatic heterocycles. The van der Waals surface area contributed by atoms with Crippen molar-refractivity contribution in [3.8, 4) is 0 Å². The van der Waals surface area contributed by atoms with Gasteiger partial charge in [-0.1, -0.05) is 31.0 Å². The Labute approximate surface area is 153 Å². The van der Waals surface area contributed by atoms with Crippen molar-refractivity contribution in [3.05, 3.63) is 35.9 Å². The summed E-state index contributed by atoms with van der Waals surface area (Å²) >= 11 is 0. The lowest BCUT2D eigenvalue weighted by Gasteiger charge is -2.34. The number of amides is 4. The lowest BCUT2D eigenvalue weighted by atomic mass is 10.2. The maximum Gasteiger partial charge on any atom is 0.321 e. The molecule has 7 heteroatoms. The molecule has 4 amide bonds. The zero-order valence-corrected chi connectivity index (χ0v) is 14.9. The van der Waals surface area contributed by atoms with Gasteiger partial charge in [0.2, 0.25) is 5.91 Å². The van der Waals surface area contributed by atoms with Gasteiger partial charge < -0.3 is 10.2 Å². The van der Waals surface area contributed by atoms with Crippen LogP contribution in [0.3, 0.4) is 0 Å². The number of benzene rings is 1. The Morgan fingerprint density at radius 1 is 0.962 bits per heavy atom. The largest absolute Gasteiger partial charge is 0.336 e. The predicted molar refractivity (Wildman–Crippen MR) is 97.7 cm³/mol. The van der Waals surface area contributed by atoms with Crippen LogP contribution in [0, 0.1) is 0 Å². The second-order valence-electron chi connectivity index (χ2n) is 6.94. The van der Waals surface area contributed by atoms with E-state index in [-0.39, 0.29) is 24.4 Å². The molecule has 1 saturated heterocycles. The van der Waals surface area contributed by atoms with E-state index in [9.17, 15) is 14.4 Å². The van der Waals surface area contributed by atoms with Gasteiger partial charge in [0.25, 0.3) is 5.91 Å². The average molecular weight is 358 g/mol. The van der Waals surface area contributed by atoms with Crippen molar-refractivity contribution in [2.75, 3.05) is 32.7 Å². The second kappa shape index (κ2) is 8.80. The third-order valence-electron chi connectivity index (χ3n) is 4.99. The molecule has 7 nitrogen and oxygen atoms in total. The summed E-state index contributed by atoms with van der Waals surface area (Å²) in [6.07, 6.45) is 4.23. The quantitative estimate of drug-likeness (QED) is 0.848. The molecule has 1 aliphatic carbocycles. The van der Waals surface area contributed by atoms with Crippen molar-refractivity contribution < 1.29 is 14.4 Å². The van der Waals surface area contributed by atoms with E-state index in [2.05, 4.69) is 10.6 Å². The number of hydrogen-bond acceptors (Lipinski definition) is 4. The molecule has 0 atom stereocenters. The molecule has 0 radical (unpaired) electrons. The van der Waals surface area contributed by atoms with Crippen molar-refractivity contribution in [2.24, 2.45) is 0 Å². The molecule has 2 N–H and O–H groups in total. The van der Waals surface area contributed by atoms with E-state index in [1.165, 1.54) is 0 Å². The first-order valence-electron chi connectivity index (χ1n) is 9.29. The van der Waals surface area contributed by atoms with E-state index in [0.717, 1.165) is 25.7 Å². The lowest BCUT2D eigenvalue weighted by Crippen LogP contribution is -2.52. The average Bonchev–Trinajstić information content (AvgIpc) is 3.15. The highest BCUT2D eigenvalue weighted by Gasteiger charge is 2.24. The van der Waals surface area contributed by atoms with Gasteiger partial charge in [-0.2, -0.15) is 0 Å². The zero-order chi connectivity index (χ0) is 18.4. The molecular weight excluding hydrogens is 332 g/mol. The summed E-state index contributed by atoms with van der Waals surface area (Å²) in [5.41, 5.74) is 0.683. The monoisotopic (exact) mass is 358 g/mol. The number of urea groups is 1. The van der Waals surface area contributed by atoms with Crippen LogP contribution in [-0.4, -0.2) is 66.4 Å². The first kappa shape index (κ1) is 18.4. The first-order chi connectivity index (χ1) is 12.6. The minimum Gasteiger partial charge on any atom is -0.336 e. The standard InChI is InChI=1S/C19H26N4O3/c24-17(21-19(26)20-16-8-4-5-9-16)14-22-10-12-23(13-11-22)18(25)15-6-2-1-3-7-15/h1-3,6-7,16H,4-5,8-14H2,(H2,20,21,24,26). The Morgan fingerprint density at radius 3 is 2.27 bits per heavy atom. The van der Waals surface area contributed by atoms with Crippen LogP contribution >= 0.6 is 0 Å².